The molecule has 0 radical (unpaired) electrons. The molecule has 12 nitrogen and oxygen atoms in total. The fraction of sp³-hybridized carbons (Fsp3) is 0.371. The summed E-state index contributed by atoms with van der Waals surface area (Å²) in [5, 5.41) is 9.09. The van der Waals surface area contributed by atoms with Crippen LogP contribution in [0.15, 0.2) is 90.5 Å². The van der Waals surface area contributed by atoms with Gasteiger partial charge in [-0.05, 0) is 74.0 Å². The third kappa shape index (κ3) is 7.04. The summed E-state index contributed by atoms with van der Waals surface area (Å²) in [4.78, 5) is 17.9. The minimum Gasteiger partial charge on any atom is -0.491 e. The lowest BCUT2D eigenvalue weighted by Gasteiger charge is -2.37. The summed E-state index contributed by atoms with van der Waals surface area (Å²) in [5.74, 6) is -1.05. The maximum atomic E-state index is 13.0. The van der Waals surface area contributed by atoms with E-state index in [1.165, 1.54) is 76.8 Å². The Morgan fingerprint density at radius 2 is 1.63 bits per heavy atom. The minimum atomic E-state index is -3.14. The Kier molecular flexibility index (Phi) is 7.19. The lowest BCUT2D eigenvalue weighted by Crippen LogP contribution is -2.46. The average molecular weight is 714 g/mol. The van der Waals surface area contributed by atoms with Crippen molar-refractivity contribution in [1.82, 2.24) is 29.1 Å². The molecule has 0 aliphatic carbocycles. The molecule has 2 aromatic heterocycles. The van der Waals surface area contributed by atoms with E-state index in [4.69, 9.17) is 48.4 Å². The lowest BCUT2D eigenvalue weighted by atomic mass is 10.1. The van der Waals surface area contributed by atoms with Crippen LogP contribution in [0.4, 0.5) is 11.4 Å². The molecule has 0 N–H and O–H groups in total. The van der Waals surface area contributed by atoms with Crippen molar-refractivity contribution in [2.75, 3.05) is 49.0 Å². The number of nitrogens with zero attached hydrogens (tertiary/aromatic N) is 8. The standard InChI is InChI=1S/C35H38Cl2N8O4/c1-3-25(2)45-34(46)44(24-40-45)29-7-5-27(6-8-29)41-14-16-42(17-15-41)28-9-11-30(12-10-28)47-19-31-20-48-35(49-31,21-43-23-38-22-39-43)32-13-4-26(36)18-33(32)37/h4-13,18,22-25,31H,3,14-17,19-21H2,1-2H3/t25?,31-,35-/m1/s1/i14D2,15D2,16D2,17D2. The molecule has 2 aliphatic heterocycles. The highest BCUT2D eigenvalue weighted by Crippen LogP contribution is 2.40. The highest BCUT2D eigenvalue weighted by molar-refractivity contribution is 6.35. The molecule has 49 heavy (non-hydrogen) atoms. The van der Waals surface area contributed by atoms with Gasteiger partial charge in [0, 0.05) is 47.9 Å². The van der Waals surface area contributed by atoms with Gasteiger partial charge in [-0.15, -0.1) is 0 Å². The van der Waals surface area contributed by atoms with Gasteiger partial charge in [0.05, 0.1) is 34.3 Å². The molecule has 256 valence electrons. The molecule has 2 aliphatic rings. The zero-order valence-corrected chi connectivity index (χ0v) is 28.0. The third-order valence-electron chi connectivity index (χ3n) is 8.20. The maximum absolute atomic E-state index is 13.0. The predicted molar refractivity (Wildman–Crippen MR) is 188 cm³/mol. The van der Waals surface area contributed by atoms with Crippen LogP contribution in [0.1, 0.15) is 42.8 Å². The van der Waals surface area contributed by atoms with E-state index >= 15 is 0 Å². The first-order valence-corrected chi connectivity index (χ1v) is 16.3. The number of hydrogen-bond donors (Lipinski definition) is 0. The Hall–Kier alpha value is -4.36. The molecule has 2 fully saturated rings. The first-order chi connectivity index (χ1) is 26.8. The third-order valence-corrected chi connectivity index (χ3v) is 8.75. The molecular formula is C35H38Cl2N8O4. The van der Waals surface area contributed by atoms with E-state index in [2.05, 4.69) is 15.2 Å². The van der Waals surface area contributed by atoms with Crippen molar-refractivity contribution in [2.24, 2.45) is 0 Å². The van der Waals surface area contributed by atoms with Gasteiger partial charge in [0.15, 0.2) is 0 Å². The van der Waals surface area contributed by atoms with Crippen molar-refractivity contribution in [3.05, 3.63) is 112 Å². The molecule has 4 heterocycles. The van der Waals surface area contributed by atoms with Gasteiger partial charge in [0.25, 0.3) is 0 Å². The van der Waals surface area contributed by atoms with Crippen molar-refractivity contribution in [3.8, 4) is 11.4 Å². The number of piperazine rings is 1. The molecule has 0 bridgehead atoms. The summed E-state index contributed by atoms with van der Waals surface area (Å²) in [6.45, 7) is -8.53. The van der Waals surface area contributed by atoms with Crippen molar-refractivity contribution >= 4 is 34.6 Å². The largest absolute Gasteiger partial charge is 0.491 e. The van der Waals surface area contributed by atoms with E-state index in [9.17, 15) is 4.79 Å². The Morgan fingerprint density at radius 1 is 0.959 bits per heavy atom. The van der Waals surface area contributed by atoms with Crippen LogP contribution >= 0.6 is 23.2 Å². The summed E-state index contributed by atoms with van der Waals surface area (Å²) in [6, 6.07) is 15.8. The number of anilines is 2. The molecule has 3 aromatic carbocycles. The Morgan fingerprint density at radius 3 is 2.27 bits per heavy atom. The quantitative estimate of drug-likeness (QED) is 0.174. The van der Waals surface area contributed by atoms with Gasteiger partial charge in [-0.1, -0.05) is 36.2 Å². The summed E-state index contributed by atoms with van der Waals surface area (Å²) >= 11 is 12.7. The second kappa shape index (κ2) is 14.2. The number of hydrogen-bond acceptors (Lipinski definition) is 9. The monoisotopic (exact) mass is 712 g/mol. The van der Waals surface area contributed by atoms with E-state index in [0.29, 0.717) is 43.3 Å². The Bertz CT molecular complexity index is 2250. The van der Waals surface area contributed by atoms with Crippen molar-refractivity contribution < 1.29 is 25.2 Å². The summed E-state index contributed by atoms with van der Waals surface area (Å²) < 4.78 is 94.5. The van der Waals surface area contributed by atoms with Crippen LogP contribution in [0.2, 0.25) is 10.0 Å². The highest BCUT2D eigenvalue weighted by atomic mass is 35.5. The molecule has 3 atom stereocenters. The van der Waals surface area contributed by atoms with Crippen LogP contribution in [0.25, 0.3) is 5.69 Å². The number of rotatable bonds is 11. The fourth-order valence-electron chi connectivity index (χ4n) is 5.41. The Labute approximate surface area is 305 Å². The molecule has 0 spiro atoms. The van der Waals surface area contributed by atoms with Crippen molar-refractivity contribution in [2.45, 2.75) is 44.7 Å². The molecule has 0 amide bonds. The van der Waals surface area contributed by atoms with Gasteiger partial charge in [-0.2, -0.15) is 10.2 Å². The van der Waals surface area contributed by atoms with E-state index in [1.54, 1.807) is 22.9 Å². The zero-order chi connectivity index (χ0) is 41.1. The topological polar surface area (TPSA) is 105 Å². The summed E-state index contributed by atoms with van der Waals surface area (Å²) in [7, 11) is 0. The van der Waals surface area contributed by atoms with Gasteiger partial charge >= 0.3 is 5.69 Å². The van der Waals surface area contributed by atoms with E-state index in [0.717, 1.165) is 0 Å². The smallest absolute Gasteiger partial charge is 0.350 e. The van der Waals surface area contributed by atoms with E-state index in [1.807, 2.05) is 13.8 Å². The molecule has 1 unspecified atom stereocenters. The normalized spacial score (nSPS) is 26.7. The predicted octanol–water partition coefficient (Wildman–Crippen LogP) is 5.58. The van der Waals surface area contributed by atoms with E-state index < -0.39 is 43.6 Å². The van der Waals surface area contributed by atoms with Crippen LogP contribution in [0.3, 0.4) is 0 Å². The maximum Gasteiger partial charge on any atom is 0.350 e. The molecule has 0 saturated carbocycles. The molecule has 14 heteroatoms. The number of ether oxygens (including phenoxy) is 3. The molecule has 5 aromatic rings. The van der Waals surface area contributed by atoms with Gasteiger partial charge in [-0.25, -0.2) is 23.7 Å². The molecule has 7 rings (SSSR count). The fourth-order valence-corrected chi connectivity index (χ4v) is 5.96. The van der Waals surface area contributed by atoms with Crippen LogP contribution in [0.5, 0.6) is 5.75 Å². The zero-order valence-electron chi connectivity index (χ0n) is 34.5. The van der Waals surface area contributed by atoms with Crippen LogP contribution in [0, 0.1) is 0 Å². The van der Waals surface area contributed by atoms with E-state index in [-0.39, 0.29) is 37.2 Å². The second-order valence-electron chi connectivity index (χ2n) is 11.4. The highest BCUT2D eigenvalue weighted by Gasteiger charge is 2.45. The number of benzene rings is 3. The van der Waals surface area contributed by atoms with Crippen LogP contribution in [-0.2, 0) is 21.8 Å². The summed E-state index contributed by atoms with van der Waals surface area (Å²) in [5.41, 5.74) is 0.202. The lowest BCUT2D eigenvalue weighted by molar-refractivity contribution is -0.190. The van der Waals surface area contributed by atoms with Gasteiger partial charge in [-0.3, -0.25) is 0 Å². The van der Waals surface area contributed by atoms with Crippen LogP contribution in [-0.4, -0.2) is 74.4 Å². The molecule has 2 saturated heterocycles. The van der Waals surface area contributed by atoms with Crippen molar-refractivity contribution in [1.29, 1.82) is 0 Å². The average Bonchev–Trinajstić information content (AvgIpc) is 3.91. The second-order valence-corrected chi connectivity index (χ2v) is 12.3. The first kappa shape index (κ1) is 24.7. The molecular weight excluding hydrogens is 667 g/mol. The van der Waals surface area contributed by atoms with Crippen LogP contribution < -0.4 is 20.2 Å². The van der Waals surface area contributed by atoms with Crippen molar-refractivity contribution in [3.63, 3.8) is 0 Å². The minimum absolute atomic E-state index is 0.00270. The Balaban J connectivity index is 1.09. The SMILES string of the molecule is [2H]C1([2H])N(c2ccc(OC[C@@H]3CO[C@@](Cn4cncn4)(c4ccc(Cl)cc4Cl)O3)cc2)C([2H])([2H])C([2H])([2H])N(c2ccc(-n3cnn(C(C)CC)c3=O)cc2)C1([2H])[2H]. The number of aromatic nitrogens is 6. The van der Waals surface area contributed by atoms with Gasteiger partial charge < -0.3 is 24.0 Å². The number of halogens is 2. The first-order valence-electron chi connectivity index (χ1n) is 19.5. The van der Waals surface area contributed by atoms with Gasteiger partial charge in [0.2, 0.25) is 5.79 Å². The summed E-state index contributed by atoms with van der Waals surface area (Å²) in [6.07, 6.45) is 4.32. The van der Waals surface area contributed by atoms with Gasteiger partial charge in [0.1, 0.15) is 44.0 Å².